The number of para-hydroxylation sites is 1. The third-order valence-electron chi connectivity index (χ3n) is 4.42. The van der Waals surface area contributed by atoms with E-state index >= 15 is 0 Å². The summed E-state index contributed by atoms with van der Waals surface area (Å²) in [6, 6.07) is 19.6. The summed E-state index contributed by atoms with van der Waals surface area (Å²) in [5.74, 6) is 0.506. The van der Waals surface area contributed by atoms with E-state index in [0.29, 0.717) is 33.1 Å². The molecule has 3 aromatic carbocycles. The number of aromatic nitrogens is 2. The highest BCUT2D eigenvalue weighted by Crippen LogP contribution is 2.21. The average molecular weight is 426 g/mol. The van der Waals surface area contributed by atoms with Gasteiger partial charge in [-0.25, -0.2) is 13.4 Å². The summed E-state index contributed by atoms with van der Waals surface area (Å²) in [7, 11) is -3.80. The van der Waals surface area contributed by atoms with Crippen LogP contribution in [0, 0.1) is 6.92 Å². The van der Waals surface area contributed by atoms with Gasteiger partial charge in [0.15, 0.2) is 0 Å². The normalized spacial score (nSPS) is 11.5. The standard InChI is InChI=1S/C21H16ClN3O3S/c1-14-23-20-8-3-2-7-19(20)21(26)25(14)17-6-4-5-16(13-17)24-29(27,28)18-11-9-15(22)10-12-18/h2-13,24H,1H3. The van der Waals surface area contributed by atoms with Crippen molar-refractivity contribution < 1.29 is 8.42 Å². The van der Waals surface area contributed by atoms with Gasteiger partial charge in [-0.15, -0.1) is 0 Å². The van der Waals surface area contributed by atoms with Gasteiger partial charge in [0.25, 0.3) is 15.6 Å². The summed E-state index contributed by atoms with van der Waals surface area (Å²) in [6.07, 6.45) is 0. The highest BCUT2D eigenvalue weighted by Gasteiger charge is 2.15. The van der Waals surface area contributed by atoms with Crippen LogP contribution in [-0.4, -0.2) is 18.0 Å². The molecule has 0 atom stereocenters. The van der Waals surface area contributed by atoms with Crippen molar-refractivity contribution in [3.8, 4) is 5.69 Å². The molecular weight excluding hydrogens is 410 g/mol. The lowest BCUT2D eigenvalue weighted by Gasteiger charge is -2.13. The minimum absolute atomic E-state index is 0.0908. The van der Waals surface area contributed by atoms with Crippen molar-refractivity contribution in [1.82, 2.24) is 9.55 Å². The van der Waals surface area contributed by atoms with E-state index < -0.39 is 10.0 Å². The van der Waals surface area contributed by atoms with Crippen LogP contribution in [0.2, 0.25) is 5.02 Å². The van der Waals surface area contributed by atoms with Gasteiger partial charge in [0, 0.05) is 5.02 Å². The van der Waals surface area contributed by atoms with Gasteiger partial charge in [0.1, 0.15) is 5.82 Å². The van der Waals surface area contributed by atoms with E-state index in [2.05, 4.69) is 9.71 Å². The zero-order chi connectivity index (χ0) is 20.6. The van der Waals surface area contributed by atoms with Crippen LogP contribution in [0.4, 0.5) is 5.69 Å². The number of nitrogens with one attached hydrogen (secondary N) is 1. The van der Waals surface area contributed by atoms with Crippen LogP contribution in [0.5, 0.6) is 0 Å². The smallest absolute Gasteiger partial charge is 0.265 e. The van der Waals surface area contributed by atoms with Crippen molar-refractivity contribution in [2.75, 3.05) is 4.72 Å². The summed E-state index contributed by atoms with van der Waals surface area (Å²) in [5.41, 5.74) is 1.25. The zero-order valence-electron chi connectivity index (χ0n) is 15.3. The highest BCUT2D eigenvalue weighted by molar-refractivity contribution is 7.92. The summed E-state index contributed by atoms with van der Waals surface area (Å²) in [6.45, 7) is 1.73. The number of hydrogen-bond donors (Lipinski definition) is 1. The van der Waals surface area contributed by atoms with E-state index in [1.165, 1.54) is 28.8 Å². The molecule has 4 rings (SSSR count). The molecule has 0 bridgehead atoms. The fourth-order valence-corrected chi connectivity index (χ4v) is 4.26. The van der Waals surface area contributed by atoms with Gasteiger partial charge in [-0.2, -0.15) is 0 Å². The molecule has 1 aromatic heterocycles. The fourth-order valence-electron chi connectivity index (χ4n) is 3.08. The van der Waals surface area contributed by atoms with E-state index in [-0.39, 0.29) is 10.5 Å². The Morgan fingerprint density at radius 3 is 2.45 bits per heavy atom. The van der Waals surface area contributed by atoms with Crippen LogP contribution < -0.4 is 10.3 Å². The molecule has 0 aliphatic carbocycles. The maximum absolute atomic E-state index is 13.0. The number of benzene rings is 3. The second-order valence-corrected chi connectivity index (χ2v) is 8.55. The number of rotatable bonds is 4. The zero-order valence-corrected chi connectivity index (χ0v) is 16.9. The van der Waals surface area contributed by atoms with Crippen LogP contribution in [0.1, 0.15) is 5.82 Å². The second-order valence-electron chi connectivity index (χ2n) is 6.43. The van der Waals surface area contributed by atoms with Gasteiger partial charge in [-0.05, 0) is 61.5 Å². The molecule has 1 heterocycles. The summed E-state index contributed by atoms with van der Waals surface area (Å²) < 4.78 is 29.3. The SMILES string of the molecule is Cc1nc2ccccc2c(=O)n1-c1cccc(NS(=O)(=O)c2ccc(Cl)cc2)c1. The first-order valence-corrected chi connectivity index (χ1v) is 10.6. The van der Waals surface area contributed by atoms with E-state index in [1.54, 1.807) is 49.4 Å². The van der Waals surface area contributed by atoms with Gasteiger partial charge in [0.2, 0.25) is 0 Å². The topological polar surface area (TPSA) is 81.1 Å². The molecule has 1 N–H and O–H groups in total. The van der Waals surface area contributed by atoms with Crippen molar-refractivity contribution >= 4 is 38.2 Å². The van der Waals surface area contributed by atoms with Gasteiger partial charge in [0.05, 0.1) is 27.2 Å². The van der Waals surface area contributed by atoms with Gasteiger partial charge < -0.3 is 0 Å². The van der Waals surface area contributed by atoms with Gasteiger partial charge in [-0.3, -0.25) is 14.1 Å². The third kappa shape index (κ3) is 3.74. The van der Waals surface area contributed by atoms with Crippen LogP contribution in [0.3, 0.4) is 0 Å². The lowest BCUT2D eigenvalue weighted by molar-refractivity contribution is 0.601. The minimum Gasteiger partial charge on any atom is -0.280 e. The first-order valence-electron chi connectivity index (χ1n) is 8.72. The monoisotopic (exact) mass is 425 g/mol. The number of sulfonamides is 1. The summed E-state index contributed by atoms with van der Waals surface area (Å²) in [5, 5.41) is 0.940. The Labute approximate surface area is 172 Å². The molecular formula is C21H16ClN3O3S. The summed E-state index contributed by atoms with van der Waals surface area (Å²) in [4.78, 5) is 17.5. The first-order chi connectivity index (χ1) is 13.8. The quantitative estimate of drug-likeness (QED) is 0.532. The van der Waals surface area contributed by atoms with E-state index in [9.17, 15) is 13.2 Å². The number of aryl methyl sites for hydroxylation is 1. The van der Waals surface area contributed by atoms with Crippen molar-refractivity contribution in [2.24, 2.45) is 0 Å². The van der Waals surface area contributed by atoms with Crippen molar-refractivity contribution in [1.29, 1.82) is 0 Å². The molecule has 4 aromatic rings. The predicted octanol–water partition coefficient (Wildman–Crippen LogP) is 4.15. The molecule has 146 valence electrons. The highest BCUT2D eigenvalue weighted by atomic mass is 35.5. The fraction of sp³-hybridized carbons (Fsp3) is 0.0476. The van der Waals surface area contributed by atoms with Gasteiger partial charge >= 0.3 is 0 Å². The molecule has 0 unspecified atom stereocenters. The van der Waals surface area contributed by atoms with E-state index in [4.69, 9.17) is 11.6 Å². The summed E-state index contributed by atoms with van der Waals surface area (Å²) >= 11 is 5.83. The third-order valence-corrected chi connectivity index (χ3v) is 6.07. The maximum atomic E-state index is 13.0. The number of hydrogen-bond acceptors (Lipinski definition) is 4. The van der Waals surface area contributed by atoms with E-state index in [0.717, 1.165) is 0 Å². The Morgan fingerprint density at radius 1 is 0.966 bits per heavy atom. The Morgan fingerprint density at radius 2 is 1.69 bits per heavy atom. The lowest BCUT2D eigenvalue weighted by Crippen LogP contribution is -2.22. The molecule has 29 heavy (non-hydrogen) atoms. The molecule has 0 aliphatic heterocycles. The Kier molecular flexibility index (Phi) is 4.86. The molecule has 8 heteroatoms. The molecule has 0 saturated carbocycles. The minimum atomic E-state index is -3.80. The van der Waals surface area contributed by atoms with Gasteiger partial charge in [-0.1, -0.05) is 29.8 Å². The maximum Gasteiger partial charge on any atom is 0.265 e. The second kappa shape index (κ2) is 7.35. The predicted molar refractivity (Wildman–Crippen MR) is 114 cm³/mol. The molecule has 0 fully saturated rings. The molecule has 0 amide bonds. The molecule has 0 spiro atoms. The lowest BCUT2D eigenvalue weighted by atomic mass is 10.2. The van der Waals surface area contributed by atoms with E-state index in [1.807, 2.05) is 6.07 Å². The van der Waals surface area contributed by atoms with Crippen molar-refractivity contribution in [2.45, 2.75) is 11.8 Å². The number of nitrogens with zero attached hydrogens (tertiary/aromatic N) is 2. The molecule has 6 nitrogen and oxygen atoms in total. The largest absolute Gasteiger partial charge is 0.280 e. The van der Waals surface area contributed by atoms with Crippen molar-refractivity contribution in [3.05, 3.63) is 94.0 Å². The Balaban J connectivity index is 1.76. The molecule has 0 aliphatic rings. The Bertz CT molecular complexity index is 1380. The molecule has 0 radical (unpaired) electrons. The van der Waals surface area contributed by atoms with Crippen LogP contribution in [-0.2, 0) is 10.0 Å². The first kappa shape index (κ1) is 19.2. The Hall–Kier alpha value is -3.16. The molecule has 0 saturated heterocycles. The van der Waals surface area contributed by atoms with Crippen molar-refractivity contribution in [3.63, 3.8) is 0 Å². The van der Waals surface area contributed by atoms with Crippen LogP contribution in [0.15, 0.2) is 82.5 Å². The number of anilines is 1. The number of fused-ring (bicyclic) bond motifs is 1. The van der Waals surface area contributed by atoms with Crippen LogP contribution >= 0.6 is 11.6 Å². The number of halogens is 1. The van der Waals surface area contributed by atoms with Crippen LogP contribution in [0.25, 0.3) is 16.6 Å². The average Bonchev–Trinajstić information content (AvgIpc) is 2.68.